The molecule has 0 saturated carbocycles. The van der Waals surface area contributed by atoms with Gasteiger partial charge >= 0.3 is 0 Å². The molecule has 2 N–H and O–H groups in total. The first-order chi connectivity index (χ1) is 10.1. The van der Waals surface area contributed by atoms with Gasteiger partial charge in [-0.05, 0) is 51.3 Å². The Morgan fingerprint density at radius 1 is 1.29 bits per heavy atom. The molecule has 116 valence electrons. The molecule has 0 bridgehead atoms. The fraction of sp³-hybridized carbons (Fsp3) is 0.588. The Bertz CT molecular complexity index is 589. The summed E-state index contributed by atoms with van der Waals surface area (Å²) in [5, 5.41) is 0.786. The van der Waals surface area contributed by atoms with Crippen molar-refractivity contribution in [3.63, 3.8) is 0 Å². The summed E-state index contributed by atoms with van der Waals surface area (Å²) < 4.78 is 2.28. The molecule has 4 heteroatoms. The van der Waals surface area contributed by atoms with Gasteiger partial charge in [-0.15, -0.1) is 0 Å². The Labute approximate surface area is 132 Å². The highest BCUT2D eigenvalue weighted by Gasteiger charge is 2.16. The monoisotopic (exact) mass is 307 g/mol. The van der Waals surface area contributed by atoms with E-state index in [-0.39, 0.29) is 0 Å². The van der Waals surface area contributed by atoms with Gasteiger partial charge in [0, 0.05) is 12.5 Å². The first-order valence-electron chi connectivity index (χ1n) is 7.93. The van der Waals surface area contributed by atoms with E-state index in [1.165, 1.54) is 6.42 Å². The highest BCUT2D eigenvalue weighted by Crippen LogP contribution is 2.29. The summed E-state index contributed by atoms with van der Waals surface area (Å²) >= 11 is 6.38. The standard InChI is InChI=1S/C17H26ClN3/c1-4-13(10-11-19)8-9-16-20-15-7-5-6-14(18)17(15)21(16)12(2)3/h5-7,12-13H,4,8-11,19H2,1-3H3. The third-order valence-corrected chi connectivity index (χ3v) is 4.48. The first kappa shape index (κ1) is 16.3. The molecule has 0 aliphatic rings. The maximum Gasteiger partial charge on any atom is 0.110 e. The van der Waals surface area contributed by atoms with Crippen molar-refractivity contribution in [2.75, 3.05) is 6.54 Å². The summed E-state index contributed by atoms with van der Waals surface area (Å²) in [5.74, 6) is 1.83. The second-order valence-corrected chi connectivity index (χ2v) is 6.40. The van der Waals surface area contributed by atoms with Gasteiger partial charge in [-0.1, -0.05) is 31.0 Å². The fourth-order valence-corrected chi connectivity index (χ4v) is 3.27. The molecular formula is C17H26ClN3. The zero-order chi connectivity index (χ0) is 15.4. The molecule has 0 saturated heterocycles. The number of aromatic nitrogens is 2. The van der Waals surface area contributed by atoms with Gasteiger partial charge < -0.3 is 10.3 Å². The van der Waals surface area contributed by atoms with E-state index in [4.69, 9.17) is 22.3 Å². The third-order valence-electron chi connectivity index (χ3n) is 4.18. The molecule has 2 rings (SSSR count). The van der Waals surface area contributed by atoms with Crippen molar-refractivity contribution in [2.24, 2.45) is 11.7 Å². The van der Waals surface area contributed by atoms with E-state index in [1.54, 1.807) is 0 Å². The summed E-state index contributed by atoms with van der Waals surface area (Å²) in [7, 11) is 0. The van der Waals surface area contributed by atoms with Crippen LogP contribution in [0.25, 0.3) is 11.0 Å². The van der Waals surface area contributed by atoms with Gasteiger partial charge in [0.05, 0.1) is 16.1 Å². The lowest BCUT2D eigenvalue weighted by molar-refractivity contribution is 0.432. The average Bonchev–Trinajstić information content (AvgIpc) is 2.83. The molecule has 0 spiro atoms. The van der Waals surface area contributed by atoms with Gasteiger partial charge in [-0.2, -0.15) is 0 Å². The molecule has 0 amide bonds. The number of nitrogens with two attached hydrogens (primary N) is 1. The summed E-state index contributed by atoms with van der Waals surface area (Å²) in [5.41, 5.74) is 7.76. The SMILES string of the molecule is CCC(CCN)CCc1nc2cccc(Cl)c2n1C(C)C. The van der Waals surface area contributed by atoms with Crippen molar-refractivity contribution >= 4 is 22.6 Å². The molecule has 0 radical (unpaired) electrons. The van der Waals surface area contributed by atoms with Gasteiger partial charge in [0.15, 0.2) is 0 Å². The number of halogens is 1. The smallest absolute Gasteiger partial charge is 0.110 e. The van der Waals surface area contributed by atoms with Crippen LogP contribution in [0.3, 0.4) is 0 Å². The number of rotatable bonds is 7. The summed E-state index contributed by atoms with van der Waals surface area (Å²) in [6.45, 7) is 7.38. The second kappa shape index (κ2) is 7.28. The van der Waals surface area contributed by atoms with Crippen LogP contribution in [0.1, 0.15) is 51.9 Å². The van der Waals surface area contributed by atoms with Gasteiger partial charge in [-0.3, -0.25) is 0 Å². The van der Waals surface area contributed by atoms with Crippen LogP contribution in [-0.2, 0) is 6.42 Å². The number of benzene rings is 1. The first-order valence-corrected chi connectivity index (χ1v) is 8.31. The number of aryl methyl sites for hydroxylation is 1. The van der Waals surface area contributed by atoms with Gasteiger partial charge in [-0.25, -0.2) is 4.98 Å². The summed E-state index contributed by atoms with van der Waals surface area (Å²) in [6, 6.07) is 6.31. The van der Waals surface area contributed by atoms with Crippen LogP contribution >= 0.6 is 11.6 Å². The predicted octanol–water partition coefficient (Wildman–Crippen LogP) is 4.58. The number of fused-ring (bicyclic) bond motifs is 1. The quantitative estimate of drug-likeness (QED) is 0.813. The molecule has 0 aliphatic carbocycles. The Morgan fingerprint density at radius 2 is 2.05 bits per heavy atom. The fourth-order valence-electron chi connectivity index (χ4n) is 3.01. The number of hydrogen-bond acceptors (Lipinski definition) is 2. The molecule has 3 nitrogen and oxygen atoms in total. The van der Waals surface area contributed by atoms with Crippen LogP contribution in [0.4, 0.5) is 0 Å². The second-order valence-electron chi connectivity index (χ2n) is 5.99. The van der Waals surface area contributed by atoms with Crippen LogP contribution in [0.5, 0.6) is 0 Å². The van der Waals surface area contributed by atoms with E-state index in [2.05, 4.69) is 25.3 Å². The number of para-hydroxylation sites is 1. The highest BCUT2D eigenvalue weighted by molar-refractivity contribution is 6.35. The normalized spacial score (nSPS) is 13.2. The van der Waals surface area contributed by atoms with Crippen molar-refractivity contribution in [3.8, 4) is 0 Å². The zero-order valence-corrected chi connectivity index (χ0v) is 14.0. The maximum atomic E-state index is 6.38. The van der Waals surface area contributed by atoms with Crippen LogP contribution in [-0.4, -0.2) is 16.1 Å². The van der Waals surface area contributed by atoms with Crippen molar-refractivity contribution < 1.29 is 0 Å². The van der Waals surface area contributed by atoms with Crippen LogP contribution in [0.2, 0.25) is 5.02 Å². The molecule has 1 aromatic carbocycles. The lowest BCUT2D eigenvalue weighted by Crippen LogP contribution is -2.12. The largest absolute Gasteiger partial charge is 0.330 e. The minimum Gasteiger partial charge on any atom is -0.330 e. The average molecular weight is 308 g/mol. The molecule has 1 heterocycles. The minimum absolute atomic E-state index is 0.361. The predicted molar refractivity (Wildman–Crippen MR) is 90.9 cm³/mol. The lowest BCUT2D eigenvalue weighted by Gasteiger charge is -2.16. The van der Waals surface area contributed by atoms with Crippen LogP contribution < -0.4 is 5.73 Å². The Morgan fingerprint density at radius 3 is 2.67 bits per heavy atom. The summed E-state index contributed by atoms with van der Waals surface area (Å²) in [4.78, 5) is 4.81. The van der Waals surface area contributed by atoms with Gasteiger partial charge in [0.25, 0.3) is 0 Å². The van der Waals surface area contributed by atoms with E-state index in [9.17, 15) is 0 Å². The van der Waals surface area contributed by atoms with Crippen molar-refractivity contribution in [1.82, 2.24) is 9.55 Å². The van der Waals surface area contributed by atoms with Gasteiger partial charge in [0.2, 0.25) is 0 Å². The van der Waals surface area contributed by atoms with E-state index < -0.39 is 0 Å². The maximum absolute atomic E-state index is 6.38. The lowest BCUT2D eigenvalue weighted by atomic mass is 9.96. The topological polar surface area (TPSA) is 43.8 Å². The molecule has 21 heavy (non-hydrogen) atoms. The van der Waals surface area contributed by atoms with E-state index in [0.29, 0.717) is 12.0 Å². The highest BCUT2D eigenvalue weighted by atomic mass is 35.5. The Kier molecular flexibility index (Phi) is 5.65. The molecule has 1 atom stereocenters. The third kappa shape index (κ3) is 3.58. The zero-order valence-electron chi connectivity index (χ0n) is 13.3. The van der Waals surface area contributed by atoms with Gasteiger partial charge in [0.1, 0.15) is 5.82 Å². The molecular weight excluding hydrogens is 282 g/mol. The molecule has 1 unspecified atom stereocenters. The van der Waals surface area contributed by atoms with E-state index in [1.807, 2.05) is 18.2 Å². The van der Waals surface area contributed by atoms with E-state index in [0.717, 1.165) is 47.7 Å². The van der Waals surface area contributed by atoms with E-state index >= 15 is 0 Å². The number of imidazole rings is 1. The summed E-state index contributed by atoms with van der Waals surface area (Å²) in [6.07, 6.45) is 4.40. The molecule has 1 aromatic heterocycles. The Balaban J connectivity index is 2.31. The molecule has 0 fully saturated rings. The number of hydrogen-bond donors (Lipinski definition) is 1. The van der Waals surface area contributed by atoms with Crippen LogP contribution in [0.15, 0.2) is 18.2 Å². The number of nitrogens with zero attached hydrogens (tertiary/aromatic N) is 2. The molecule has 2 aromatic rings. The van der Waals surface area contributed by atoms with Crippen molar-refractivity contribution in [2.45, 2.75) is 52.5 Å². The minimum atomic E-state index is 0.361. The van der Waals surface area contributed by atoms with Crippen molar-refractivity contribution in [1.29, 1.82) is 0 Å². The van der Waals surface area contributed by atoms with Crippen molar-refractivity contribution in [3.05, 3.63) is 29.0 Å². The molecule has 0 aliphatic heterocycles. The Hall–Kier alpha value is -1.06. The van der Waals surface area contributed by atoms with Crippen LogP contribution in [0, 0.1) is 5.92 Å².